The van der Waals surface area contributed by atoms with Gasteiger partial charge in [-0.15, -0.1) is 0 Å². The molecule has 0 radical (unpaired) electrons. The quantitative estimate of drug-likeness (QED) is 0.194. The maximum absolute atomic E-state index is 11.4. The Morgan fingerprint density at radius 3 is 2.38 bits per heavy atom. The van der Waals surface area contributed by atoms with Crippen molar-refractivity contribution < 1.29 is 36.9 Å². The van der Waals surface area contributed by atoms with E-state index in [2.05, 4.69) is 12.6 Å². The van der Waals surface area contributed by atoms with E-state index < -0.39 is 34.9 Å². The summed E-state index contributed by atoms with van der Waals surface area (Å²) in [5.74, 6) is 0.521. The number of hydrogen-bond acceptors (Lipinski definition) is 5. The largest absolute Gasteiger partial charge is 0.375 e. The lowest BCUT2D eigenvalue weighted by Gasteiger charge is -2.46. The van der Waals surface area contributed by atoms with E-state index in [9.17, 15) is 27.9 Å². The number of rotatable bonds is 6. The summed E-state index contributed by atoms with van der Waals surface area (Å²) in [5, 5.41) is 10.0. The summed E-state index contributed by atoms with van der Waals surface area (Å²) in [5.41, 5.74) is 0. The minimum absolute atomic E-state index is 0.362. The van der Waals surface area contributed by atoms with Crippen molar-refractivity contribution in [2.45, 2.75) is 36.4 Å². The summed E-state index contributed by atoms with van der Waals surface area (Å²) >= 11 is 4.15. The van der Waals surface area contributed by atoms with Crippen molar-refractivity contribution in [3.8, 4) is 0 Å². The molecule has 8 nitrogen and oxygen atoms in total. The van der Waals surface area contributed by atoms with E-state index >= 15 is 0 Å². The minimum atomic E-state index is -5.46. The number of aliphatic hydroxyl groups is 1. The highest BCUT2D eigenvalue weighted by molar-refractivity contribution is 7.94. The van der Waals surface area contributed by atoms with Gasteiger partial charge in [0.05, 0.1) is 32.6 Å². The Hall–Kier alpha value is 0.330. The Kier molecular flexibility index (Phi) is 5.95. The van der Waals surface area contributed by atoms with Crippen molar-refractivity contribution in [2.75, 3.05) is 25.9 Å². The number of hydrogen-bond donors (Lipinski definition) is 5. The molecule has 0 aromatic carbocycles. The summed E-state index contributed by atoms with van der Waals surface area (Å²) in [6.07, 6.45) is 1.48. The van der Waals surface area contributed by atoms with Crippen molar-refractivity contribution >= 4 is 30.3 Å². The normalized spacial score (nSPS) is 30.9. The molecule has 0 amide bonds. The molecule has 1 saturated heterocycles. The smallest absolute Gasteiger partial charge is 0.363 e. The van der Waals surface area contributed by atoms with Crippen molar-refractivity contribution in [1.29, 1.82) is 0 Å². The molecule has 0 saturated carbocycles. The lowest BCUT2D eigenvalue weighted by molar-refractivity contribution is -0.936. The van der Waals surface area contributed by atoms with Gasteiger partial charge < -0.3 is 19.4 Å². The fourth-order valence-corrected chi connectivity index (χ4v) is 5.38. The Morgan fingerprint density at radius 2 is 1.95 bits per heavy atom. The summed E-state index contributed by atoms with van der Waals surface area (Å²) in [7, 11) is -8.95. The number of thiol groups is 1. The predicted octanol–water partition coefficient (Wildman–Crippen LogP) is 0.0170. The average Bonchev–Trinajstić information content (AvgIpc) is 2.29. The van der Waals surface area contributed by atoms with Gasteiger partial charge in [0.15, 0.2) is 0 Å². The fourth-order valence-electron chi connectivity index (χ4n) is 2.87. The first-order chi connectivity index (χ1) is 9.37. The first-order valence-corrected chi connectivity index (χ1v) is 10.3. The van der Waals surface area contributed by atoms with Gasteiger partial charge in [-0.05, 0) is 19.3 Å². The van der Waals surface area contributed by atoms with Gasteiger partial charge in [0.1, 0.15) is 0 Å². The van der Waals surface area contributed by atoms with Crippen LogP contribution in [0.1, 0.15) is 25.7 Å². The van der Waals surface area contributed by atoms with Crippen molar-refractivity contribution in [3.63, 3.8) is 0 Å². The van der Waals surface area contributed by atoms with Crippen LogP contribution >= 0.6 is 20.2 Å². The van der Waals surface area contributed by atoms with Crippen LogP contribution in [0.25, 0.3) is 0 Å². The van der Waals surface area contributed by atoms with Gasteiger partial charge in [-0.1, -0.05) is 0 Å². The first kappa shape index (κ1) is 19.4. The second-order valence-electron chi connectivity index (χ2n) is 5.77. The van der Waals surface area contributed by atoms with Crippen LogP contribution in [0.3, 0.4) is 0 Å². The molecular formula is C10H23NO7PS2+. The Bertz CT molecular complexity index is 517. The molecule has 1 heterocycles. The molecule has 1 fully saturated rings. The molecule has 126 valence electrons. The Balaban J connectivity index is 3.17. The Morgan fingerprint density at radius 1 is 1.38 bits per heavy atom. The van der Waals surface area contributed by atoms with Crippen LogP contribution < -0.4 is 0 Å². The van der Waals surface area contributed by atoms with Crippen LogP contribution in [0.15, 0.2) is 0 Å². The predicted molar refractivity (Wildman–Crippen MR) is 80.6 cm³/mol. The average molecular weight is 364 g/mol. The van der Waals surface area contributed by atoms with Gasteiger partial charge in [0.2, 0.25) is 0 Å². The maximum atomic E-state index is 11.4. The zero-order chi connectivity index (χ0) is 16.5. The molecule has 1 rings (SSSR count). The Labute approximate surface area is 130 Å². The molecule has 0 bridgehead atoms. The molecular weight excluding hydrogens is 341 g/mol. The van der Waals surface area contributed by atoms with E-state index in [-0.39, 0.29) is 0 Å². The van der Waals surface area contributed by atoms with Gasteiger partial charge in [-0.3, -0.25) is 9.12 Å². The molecule has 4 N–H and O–H groups in total. The monoisotopic (exact) mass is 364 g/mol. The van der Waals surface area contributed by atoms with Gasteiger partial charge >= 0.3 is 17.7 Å². The third-order valence-electron chi connectivity index (χ3n) is 4.32. The van der Waals surface area contributed by atoms with E-state index in [1.54, 1.807) is 0 Å². The summed E-state index contributed by atoms with van der Waals surface area (Å²) in [6.45, 7) is 1.28. The van der Waals surface area contributed by atoms with Crippen LogP contribution in [-0.2, 0) is 14.7 Å². The lowest BCUT2D eigenvalue weighted by Crippen LogP contribution is -2.59. The van der Waals surface area contributed by atoms with E-state index in [0.717, 1.165) is 12.8 Å². The van der Waals surface area contributed by atoms with Gasteiger partial charge in [-0.25, -0.2) is 0 Å². The molecule has 1 aliphatic rings. The number of piperidine rings is 1. The van der Waals surface area contributed by atoms with E-state index in [0.29, 0.717) is 29.7 Å². The summed E-state index contributed by atoms with van der Waals surface area (Å²) in [4.78, 5) is 18.4. The highest BCUT2D eigenvalue weighted by atomic mass is 32.2. The van der Waals surface area contributed by atoms with Crippen LogP contribution in [-0.4, -0.2) is 69.0 Å². The van der Waals surface area contributed by atoms with Crippen molar-refractivity contribution in [2.24, 2.45) is 0 Å². The second-order valence-corrected chi connectivity index (χ2v) is 9.97. The molecule has 11 heteroatoms. The SMILES string of the molecule is C[N+]1(CCS)CCCCC1CC(O)(P(=O)(O)O)S(=O)(=O)O. The van der Waals surface area contributed by atoms with Gasteiger partial charge in [-0.2, -0.15) is 21.0 Å². The van der Waals surface area contributed by atoms with Crippen molar-refractivity contribution in [3.05, 3.63) is 0 Å². The number of quaternary nitrogens is 1. The molecule has 3 unspecified atom stereocenters. The first-order valence-electron chi connectivity index (χ1n) is 6.57. The van der Waals surface area contributed by atoms with E-state index in [1.165, 1.54) is 0 Å². The molecule has 0 spiro atoms. The molecule has 0 aromatic rings. The number of likely N-dealkylation sites (tertiary alicyclic amines) is 1. The summed E-state index contributed by atoms with van der Waals surface area (Å²) in [6, 6.07) is -0.481. The van der Waals surface area contributed by atoms with Crippen LogP contribution in [0.4, 0.5) is 0 Å². The fraction of sp³-hybridized carbons (Fsp3) is 1.00. The van der Waals surface area contributed by atoms with E-state index in [4.69, 9.17) is 4.55 Å². The molecule has 3 atom stereocenters. The zero-order valence-corrected chi connectivity index (χ0v) is 14.4. The molecule has 1 aliphatic heterocycles. The van der Waals surface area contributed by atoms with Crippen LogP contribution in [0.2, 0.25) is 0 Å². The third kappa shape index (κ3) is 4.00. The van der Waals surface area contributed by atoms with Crippen LogP contribution in [0.5, 0.6) is 0 Å². The molecule has 21 heavy (non-hydrogen) atoms. The van der Waals surface area contributed by atoms with Gasteiger partial charge in [0, 0.05) is 5.75 Å². The maximum Gasteiger partial charge on any atom is 0.375 e. The molecule has 0 aliphatic carbocycles. The molecule has 0 aromatic heterocycles. The highest BCUT2D eigenvalue weighted by Gasteiger charge is 2.59. The second kappa shape index (κ2) is 6.45. The van der Waals surface area contributed by atoms with Gasteiger partial charge in [0.25, 0.3) is 4.67 Å². The minimum Gasteiger partial charge on any atom is -0.363 e. The van der Waals surface area contributed by atoms with Crippen molar-refractivity contribution in [1.82, 2.24) is 0 Å². The topological polar surface area (TPSA) is 132 Å². The highest BCUT2D eigenvalue weighted by Crippen LogP contribution is 2.55. The third-order valence-corrected chi connectivity index (χ3v) is 8.01. The summed E-state index contributed by atoms with van der Waals surface area (Å²) < 4.78 is 40.1. The number of nitrogens with zero attached hydrogens (tertiary/aromatic N) is 1. The lowest BCUT2D eigenvalue weighted by atomic mass is 9.96. The standard InChI is InChI=1S/C10H22NO7PS2/c1-11(6-7-20)5-3-2-4-9(11)8-10(12,19(13,14)15)21(16,17)18/h9,12H,2-8H2,1H3,(H3-,13,14,15,16,17,18,20)/p+1. The van der Waals surface area contributed by atoms with Crippen LogP contribution in [0, 0.1) is 0 Å². The van der Waals surface area contributed by atoms with E-state index in [1.807, 2.05) is 7.05 Å². The zero-order valence-electron chi connectivity index (χ0n) is 11.8.